The first-order chi connectivity index (χ1) is 9.73. The van der Waals surface area contributed by atoms with E-state index in [0.29, 0.717) is 24.9 Å². The number of hydrogen-bond donors (Lipinski definition) is 2. The van der Waals surface area contributed by atoms with Crippen LogP contribution < -0.4 is 10.0 Å². The molecule has 6 heteroatoms. The van der Waals surface area contributed by atoms with Crippen LogP contribution in [0.1, 0.15) is 45.6 Å². The smallest absolute Gasteiger partial charge is 0.241 e. The van der Waals surface area contributed by atoms with Crippen LogP contribution in [0.25, 0.3) is 0 Å². The summed E-state index contributed by atoms with van der Waals surface area (Å²) in [5.74, 6) is -0.0189. The molecule has 1 aliphatic rings. The van der Waals surface area contributed by atoms with Crippen molar-refractivity contribution in [3.05, 3.63) is 23.8 Å². The highest BCUT2D eigenvalue weighted by Crippen LogP contribution is 2.26. The van der Waals surface area contributed by atoms with Gasteiger partial charge >= 0.3 is 0 Å². The Labute approximate surface area is 126 Å². The van der Waals surface area contributed by atoms with Crippen LogP contribution in [0.15, 0.2) is 23.1 Å². The second-order valence-electron chi connectivity index (χ2n) is 6.06. The largest absolute Gasteiger partial charge is 0.326 e. The van der Waals surface area contributed by atoms with Gasteiger partial charge in [0, 0.05) is 17.6 Å². The lowest BCUT2D eigenvalue weighted by molar-refractivity contribution is -0.116. The third-order valence-corrected chi connectivity index (χ3v) is 5.50. The van der Waals surface area contributed by atoms with Crippen molar-refractivity contribution in [1.29, 1.82) is 0 Å². The Hall–Kier alpha value is -1.40. The zero-order chi connectivity index (χ0) is 15.7. The predicted molar refractivity (Wildman–Crippen MR) is 82.7 cm³/mol. The van der Waals surface area contributed by atoms with Crippen molar-refractivity contribution in [1.82, 2.24) is 4.72 Å². The second-order valence-corrected chi connectivity index (χ2v) is 7.75. The Bertz CT molecular complexity index is 651. The van der Waals surface area contributed by atoms with Crippen LogP contribution in [0.2, 0.25) is 0 Å². The molecule has 1 amide bonds. The van der Waals surface area contributed by atoms with E-state index in [1.54, 1.807) is 18.2 Å². The molecule has 2 N–H and O–H groups in total. The predicted octanol–water partition coefficient (Wildman–Crippen LogP) is 2.43. The van der Waals surface area contributed by atoms with E-state index < -0.39 is 15.6 Å². The maximum Gasteiger partial charge on any atom is 0.241 e. The maximum absolute atomic E-state index is 12.4. The van der Waals surface area contributed by atoms with Crippen molar-refractivity contribution >= 4 is 21.6 Å². The second kappa shape index (κ2) is 5.77. The quantitative estimate of drug-likeness (QED) is 0.897. The lowest BCUT2D eigenvalue weighted by Crippen LogP contribution is -2.42. The number of hydrogen-bond acceptors (Lipinski definition) is 3. The number of anilines is 1. The number of fused-ring (bicyclic) bond motifs is 1. The van der Waals surface area contributed by atoms with Gasteiger partial charge < -0.3 is 5.32 Å². The third-order valence-electron chi connectivity index (χ3n) is 3.81. The number of rotatable bonds is 4. The first-order valence-corrected chi connectivity index (χ1v) is 8.68. The average Bonchev–Trinajstić information content (AvgIpc) is 2.57. The summed E-state index contributed by atoms with van der Waals surface area (Å²) in [7, 11) is -3.55. The van der Waals surface area contributed by atoms with Gasteiger partial charge in [0.2, 0.25) is 15.9 Å². The molecule has 1 heterocycles. The molecule has 0 aromatic heterocycles. The Kier molecular flexibility index (Phi) is 4.39. The van der Waals surface area contributed by atoms with E-state index in [2.05, 4.69) is 10.0 Å². The van der Waals surface area contributed by atoms with Gasteiger partial charge in [-0.15, -0.1) is 0 Å². The number of benzene rings is 1. The fourth-order valence-corrected chi connectivity index (χ4v) is 3.75. The average molecular weight is 310 g/mol. The van der Waals surface area contributed by atoms with Gasteiger partial charge in [-0.2, -0.15) is 0 Å². The van der Waals surface area contributed by atoms with Gasteiger partial charge in [0.05, 0.1) is 4.90 Å². The molecule has 0 radical (unpaired) electrons. The number of amides is 1. The van der Waals surface area contributed by atoms with Crippen LogP contribution in [0.5, 0.6) is 0 Å². The van der Waals surface area contributed by atoms with Crippen LogP contribution in [0.3, 0.4) is 0 Å². The summed E-state index contributed by atoms with van der Waals surface area (Å²) >= 11 is 0. The minimum Gasteiger partial charge on any atom is -0.326 e. The molecule has 0 bridgehead atoms. The minimum atomic E-state index is -3.55. The summed E-state index contributed by atoms with van der Waals surface area (Å²) in [5, 5.41) is 2.81. The van der Waals surface area contributed by atoms with Crippen LogP contribution in [-0.2, 0) is 21.2 Å². The van der Waals surface area contributed by atoms with Crippen molar-refractivity contribution in [3.8, 4) is 0 Å². The Balaban J connectivity index is 2.34. The zero-order valence-electron chi connectivity index (χ0n) is 12.7. The Morgan fingerprint density at radius 1 is 1.29 bits per heavy atom. The van der Waals surface area contributed by atoms with Gasteiger partial charge in [0.1, 0.15) is 0 Å². The van der Waals surface area contributed by atoms with Crippen molar-refractivity contribution in [3.63, 3.8) is 0 Å². The number of sulfonamides is 1. The van der Waals surface area contributed by atoms with E-state index >= 15 is 0 Å². The van der Waals surface area contributed by atoms with Gasteiger partial charge in [-0.25, -0.2) is 13.1 Å². The summed E-state index contributed by atoms with van der Waals surface area (Å²) in [4.78, 5) is 11.8. The Morgan fingerprint density at radius 3 is 2.67 bits per heavy atom. The van der Waals surface area contributed by atoms with Crippen LogP contribution in [0.4, 0.5) is 5.69 Å². The highest BCUT2D eigenvalue weighted by Gasteiger charge is 2.25. The Morgan fingerprint density at radius 2 is 2.00 bits per heavy atom. The van der Waals surface area contributed by atoms with E-state index in [0.717, 1.165) is 12.0 Å². The monoisotopic (exact) mass is 310 g/mol. The number of nitrogens with one attached hydrogen (secondary N) is 2. The molecule has 1 aliphatic heterocycles. The van der Waals surface area contributed by atoms with Gasteiger partial charge in [-0.3, -0.25) is 4.79 Å². The molecule has 1 aromatic rings. The van der Waals surface area contributed by atoms with Crippen molar-refractivity contribution < 1.29 is 13.2 Å². The normalized spacial score (nSPS) is 16.0. The SMILES string of the molecule is CCC(C)(C)NS(=O)(=O)c1ccc2c(c1)CCCC(=O)N2. The molecule has 0 spiro atoms. The van der Waals surface area contributed by atoms with E-state index in [9.17, 15) is 13.2 Å². The summed E-state index contributed by atoms with van der Waals surface area (Å²) in [6.07, 6.45) is 2.61. The van der Waals surface area contributed by atoms with Gasteiger partial charge in [-0.1, -0.05) is 6.92 Å². The number of carbonyl (C=O) groups is 1. The molecular weight excluding hydrogens is 288 g/mol. The number of carbonyl (C=O) groups excluding carboxylic acids is 1. The van der Waals surface area contributed by atoms with Gasteiger partial charge in [0.15, 0.2) is 0 Å². The lowest BCUT2D eigenvalue weighted by Gasteiger charge is -2.24. The summed E-state index contributed by atoms with van der Waals surface area (Å²) in [6.45, 7) is 5.65. The third kappa shape index (κ3) is 3.83. The van der Waals surface area contributed by atoms with Crippen molar-refractivity contribution in [2.24, 2.45) is 0 Å². The first-order valence-electron chi connectivity index (χ1n) is 7.20. The van der Waals surface area contributed by atoms with Crippen LogP contribution >= 0.6 is 0 Å². The van der Waals surface area contributed by atoms with Crippen molar-refractivity contribution in [2.45, 2.75) is 56.9 Å². The first kappa shape index (κ1) is 16.0. The number of aryl methyl sites for hydroxylation is 1. The maximum atomic E-state index is 12.4. The van der Waals surface area contributed by atoms with Gasteiger partial charge in [0.25, 0.3) is 0 Å². The summed E-state index contributed by atoms with van der Waals surface area (Å²) in [6, 6.07) is 4.87. The van der Waals surface area contributed by atoms with E-state index in [4.69, 9.17) is 0 Å². The van der Waals surface area contributed by atoms with E-state index in [1.807, 2.05) is 20.8 Å². The molecule has 116 valence electrons. The lowest BCUT2D eigenvalue weighted by atomic mass is 10.0. The molecule has 5 nitrogen and oxygen atoms in total. The molecule has 0 atom stereocenters. The molecule has 21 heavy (non-hydrogen) atoms. The zero-order valence-corrected chi connectivity index (χ0v) is 13.5. The standard InChI is InChI=1S/C15H22N2O3S/c1-4-15(2,3)17-21(19,20)12-8-9-13-11(10-12)6-5-7-14(18)16-13/h8-10,17H,4-7H2,1-3H3,(H,16,18). The minimum absolute atomic E-state index is 0.0189. The molecule has 0 aliphatic carbocycles. The fraction of sp³-hybridized carbons (Fsp3) is 0.533. The molecule has 0 saturated carbocycles. The summed E-state index contributed by atoms with van der Waals surface area (Å²) < 4.78 is 27.6. The molecule has 2 rings (SSSR count). The van der Waals surface area contributed by atoms with E-state index in [1.165, 1.54) is 0 Å². The molecule has 0 saturated heterocycles. The molecule has 0 fully saturated rings. The highest BCUT2D eigenvalue weighted by atomic mass is 32.2. The van der Waals surface area contributed by atoms with Crippen LogP contribution in [0, 0.1) is 0 Å². The molecular formula is C15H22N2O3S. The molecule has 0 unspecified atom stereocenters. The van der Waals surface area contributed by atoms with Gasteiger partial charge in [-0.05, 0) is 56.9 Å². The summed E-state index contributed by atoms with van der Waals surface area (Å²) in [5.41, 5.74) is 1.10. The molecule has 1 aromatic carbocycles. The van der Waals surface area contributed by atoms with Crippen molar-refractivity contribution in [2.75, 3.05) is 5.32 Å². The highest BCUT2D eigenvalue weighted by molar-refractivity contribution is 7.89. The van der Waals surface area contributed by atoms with Crippen LogP contribution in [-0.4, -0.2) is 19.9 Å². The van der Waals surface area contributed by atoms with E-state index in [-0.39, 0.29) is 10.8 Å². The topological polar surface area (TPSA) is 75.3 Å². The fourth-order valence-electron chi connectivity index (χ4n) is 2.21.